The summed E-state index contributed by atoms with van der Waals surface area (Å²) >= 11 is 0. The predicted molar refractivity (Wildman–Crippen MR) is 73.1 cm³/mol. The second-order valence-electron chi connectivity index (χ2n) is 5.72. The third-order valence-corrected chi connectivity index (χ3v) is 3.46. The van der Waals surface area contributed by atoms with E-state index in [0.717, 1.165) is 12.8 Å². The van der Waals surface area contributed by atoms with Gasteiger partial charge < -0.3 is 0 Å². The smallest absolute Gasteiger partial charge is 0.141 e. The highest BCUT2D eigenvalue weighted by atomic mass is 16.1. The van der Waals surface area contributed by atoms with Crippen molar-refractivity contribution in [1.29, 1.82) is 0 Å². The van der Waals surface area contributed by atoms with Gasteiger partial charge in [0, 0.05) is 11.3 Å². The van der Waals surface area contributed by atoms with Gasteiger partial charge in [0.05, 0.1) is 0 Å². The van der Waals surface area contributed by atoms with Crippen molar-refractivity contribution in [3.8, 4) is 0 Å². The molecule has 94 valence electrons. The van der Waals surface area contributed by atoms with E-state index in [0.29, 0.717) is 5.78 Å². The van der Waals surface area contributed by atoms with Crippen LogP contribution in [0.5, 0.6) is 0 Å². The van der Waals surface area contributed by atoms with Gasteiger partial charge in [0.1, 0.15) is 5.78 Å². The van der Waals surface area contributed by atoms with Gasteiger partial charge in [-0.3, -0.25) is 4.79 Å². The largest absolute Gasteiger partial charge is 0.299 e. The lowest BCUT2D eigenvalue weighted by molar-refractivity contribution is -0.130. The Morgan fingerprint density at radius 2 is 2.00 bits per heavy atom. The molecule has 1 atom stereocenters. The average molecular weight is 232 g/mol. The van der Waals surface area contributed by atoms with Gasteiger partial charge in [0.15, 0.2) is 0 Å². The van der Waals surface area contributed by atoms with Crippen molar-refractivity contribution in [1.82, 2.24) is 0 Å². The number of hydrogen-bond donors (Lipinski definition) is 0. The van der Waals surface area contributed by atoms with Crippen LogP contribution in [0.15, 0.2) is 24.3 Å². The lowest BCUT2D eigenvalue weighted by atomic mass is 9.76. The SMILES string of the molecule is CCC(C)C(=O)C(C)(C)Cc1cccc(C)c1. The minimum Gasteiger partial charge on any atom is -0.299 e. The molecule has 0 N–H and O–H groups in total. The summed E-state index contributed by atoms with van der Waals surface area (Å²) in [4.78, 5) is 12.3. The topological polar surface area (TPSA) is 17.1 Å². The number of aryl methyl sites for hydroxylation is 1. The van der Waals surface area contributed by atoms with E-state index in [4.69, 9.17) is 0 Å². The first-order chi connectivity index (χ1) is 7.86. The van der Waals surface area contributed by atoms with Gasteiger partial charge in [0.2, 0.25) is 0 Å². The summed E-state index contributed by atoms with van der Waals surface area (Å²) in [5, 5.41) is 0. The number of hydrogen-bond acceptors (Lipinski definition) is 1. The number of ketones is 1. The molecule has 0 fully saturated rings. The van der Waals surface area contributed by atoms with Gasteiger partial charge in [-0.15, -0.1) is 0 Å². The highest BCUT2D eigenvalue weighted by Crippen LogP contribution is 2.27. The fourth-order valence-corrected chi connectivity index (χ4v) is 2.27. The molecule has 0 amide bonds. The summed E-state index contributed by atoms with van der Waals surface area (Å²) in [5.41, 5.74) is 2.25. The zero-order chi connectivity index (χ0) is 13.1. The summed E-state index contributed by atoms with van der Waals surface area (Å²) in [6.07, 6.45) is 1.76. The van der Waals surface area contributed by atoms with E-state index in [9.17, 15) is 4.79 Å². The standard InChI is InChI=1S/C16H24O/c1-6-13(3)15(17)16(4,5)11-14-9-7-8-12(2)10-14/h7-10,13H,6,11H2,1-5H3. The maximum atomic E-state index is 12.3. The van der Waals surface area contributed by atoms with Crippen LogP contribution in [0.2, 0.25) is 0 Å². The van der Waals surface area contributed by atoms with E-state index >= 15 is 0 Å². The molecule has 1 unspecified atom stereocenters. The highest BCUT2D eigenvalue weighted by Gasteiger charge is 2.30. The van der Waals surface area contributed by atoms with Gasteiger partial charge >= 0.3 is 0 Å². The van der Waals surface area contributed by atoms with Gasteiger partial charge in [-0.25, -0.2) is 0 Å². The molecule has 1 heteroatoms. The van der Waals surface area contributed by atoms with E-state index in [-0.39, 0.29) is 11.3 Å². The molecule has 0 aromatic heterocycles. The maximum absolute atomic E-state index is 12.3. The van der Waals surface area contributed by atoms with Crippen LogP contribution < -0.4 is 0 Å². The van der Waals surface area contributed by atoms with Crippen molar-refractivity contribution in [3.63, 3.8) is 0 Å². The van der Waals surface area contributed by atoms with Crippen LogP contribution in [0.4, 0.5) is 0 Å². The van der Waals surface area contributed by atoms with E-state index in [1.165, 1.54) is 11.1 Å². The fraction of sp³-hybridized carbons (Fsp3) is 0.562. The van der Waals surface area contributed by atoms with Gasteiger partial charge in [-0.1, -0.05) is 57.5 Å². The van der Waals surface area contributed by atoms with Crippen LogP contribution in [-0.2, 0) is 11.2 Å². The Labute approximate surface area is 105 Å². The number of benzene rings is 1. The molecule has 0 aliphatic heterocycles. The highest BCUT2D eigenvalue weighted by molar-refractivity contribution is 5.86. The minimum absolute atomic E-state index is 0.162. The summed E-state index contributed by atoms with van der Waals surface area (Å²) in [5.74, 6) is 0.538. The van der Waals surface area contributed by atoms with Crippen LogP contribution in [-0.4, -0.2) is 5.78 Å². The summed E-state index contributed by atoms with van der Waals surface area (Å²) in [7, 11) is 0. The number of rotatable bonds is 5. The molecular formula is C16H24O. The molecule has 1 aromatic carbocycles. The van der Waals surface area contributed by atoms with Crippen LogP contribution in [0.3, 0.4) is 0 Å². The first-order valence-corrected chi connectivity index (χ1v) is 6.46. The van der Waals surface area contributed by atoms with Crippen molar-refractivity contribution < 1.29 is 4.79 Å². The zero-order valence-electron chi connectivity index (χ0n) is 11.7. The van der Waals surface area contributed by atoms with Crippen molar-refractivity contribution in [2.75, 3.05) is 0 Å². The Balaban J connectivity index is 2.82. The van der Waals surface area contributed by atoms with Crippen LogP contribution >= 0.6 is 0 Å². The molecule has 0 saturated heterocycles. The van der Waals surface area contributed by atoms with E-state index < -0.39 is 0 Å². The van der Waals surface area contributed by atoms with Crippen molar-refractivity contribution >= 4 is 5.78 Å². The molecule has 0 aliphatic rings. The number of Topliss-reactive ketones (excluding diaryl/α,β-unsaturated/α-hetero) is 1. The number of carbonyl (C=O) groups is 1. The van der Waals surface area contributed by atoms with Gasteiger partial charge in [-0.2, -0.15) is 0 Å². The third kappa shape index (κ3) is 3.69. The van der Waals surface area contributed by atoms with Gasteiger partial charge in [-0.05, 0) is 25.3 Å². The first-order valence-electron chi connectivity index (χ1n) is 6.46. The zero-order valence-corrected chi connectivity index (χ0v) is 11.7. The average Bonchev–Trinajstić information content (AvgIpc) is 2.26. The Bertz CT molecular complexity index is 390. The molecule has 0 heterocycles. The molecule has 0 saturated carbocycles. The molecular weight excluding hydrogens is 208 g/mol. The Hall–Kier alpha value is -1.11. The van der Waals surface area contributed by atoms with Crippen molar-refractivity contribution in [2.24, 2.45) is 11.3 Å². The van der Waals surface area contributed by atoms with Gasteiger partial charge in [0.25, 0.3) is 0 Å². The van der Waals surface area contributed by atoms with Crippen LogP contribution in [0.1, 0.15) is 45.2 Å². The third-order valence-electron chi connectivity index (χ3n) is 3.46. The molecule has 1 rings (SSSR count). The Morgan fingerprint density at radius 1 is 1.35 bits per heavy atom. The lowest BCUT2D eigenvalue weighted by Crippen LogP contribution is -2.31. The quantitative estimate of drug-likeness (QED) is 0.744. The Morgan fingerprint density at radius 3 is 2.53 bits per heavy atom. The number of carbonyl (C=O) groups excluding carboxylic acids is 1. The summed E-state index contributed by atoms with van der Waals surface area (Å²) in [6, 6.07) is 8.44. The lowest BCUT2D eigenvalue weighted by Gasteiger charge is -2.26. The van der Waals surface area contributed by atoms with Crippen LogP contribution in [0, 0.1) is 18.3 Å². The first kappa shape index (κ1) is 14.0. The second kappa shape index (κ2) is 5.48. The van der Waals surface area contributed by atoms with E-state index in [1.807, 2.05) is 6.92 Å². The second-order valence-corrected chi connectivity index (χ2v) is 5.72. The van der Waals surface area contributed by atoms with E-state index in [2.05, 4.69) is 52.0 Å². The fourth-order valence-electron chi connectivity index (χ4n) is 2.27. The van der Waals surface area contributed by atoms with Crippen molar-refractivity contribution in [2.45, 2.75) is 47.5 Å². The molecule has 0 spiro atoms. The minimum atomic E-state index is -0.261. The normalized spacial score (nSPS) is 13.5. The Kier molecular flexibility index (Phi) is 4.50. The summed E-state index contributed by atoms with van der Waals surface area (Å²) in [6.45, 7) is 10.3. The monoisotopic (exact) mass is 232 g/mol. The molecule has 1 nitrogen and oxygen atoms in total. The summed E-state index contributed by atoms with van der Waals surface area (Å²) < 4.78 is 0. The molecule has 0 radical (unpaired) electrons. The maximum Gasteiger partial charge on any atom is 0.141 e. The van der Waals surface area contributed by atoms with E-state index in [1.54, 1.807) is 0 Å². The molecule has 0 aliphatic carbocycles. The predicted octanol–water partition coefficient (Wildman–Crippen LogP) is 4.18. The van der Waals surface area contributed by atoms with Crippen LogP contribution in [0.25, 0.3) is 0 Å². The molecule has 17 heavy (non-hydrogen) atoms. The van der Waals surface area contributed by atoms with Crippen molar-refractivity contribution in [3.05, 3.63) is 35.4 Å². The molecule has 0 bridgehead atoms. The molecule has 1 aromatic rings.